The summed E-state index contributed by atoms with van der Waals surface area (Å²) in [5.41, 5.74) is 5.21. The third-order valence-electron chi connectivity index (χ3n) is 1.99. The molecule has 74 valence electrons. The van der Waals surface area contributed by atoms with Gasteiger partial charge in [0.25, 0.3) is 0 Å². The molecule has 5 heteroatoms. The molecule has 0 bridgehead atoms. The van der Waals surface area contributed by atoms with Crippen LogP contribution < -0.4 is 16.4 Å². The largest absolute Gasteiger partial charge is 0.354 e. The molecule has 1 saturated heterocycles. The standard InChI is InChI=1S/C8H15N3O2/c9-4-3-7(12)11-6-2-1-5-10-8(6)13/h6H,1-5,9H2,(H,10,13)(H,11,12). The lowest BCUT2D eigenvalue weighted by Gasteiger charge is -2.22. The van der Waals surface area contributed by atoms with Crippen molar-refractivity contribution in [3.63, 3.8) is 0 Å². The van der Waals surface area contributed by atoms with Crippen LogP contribution in [0, 0.1) is 0 Å². The van der Waals surface area contributed by atoms with E-state index in [-0.39, 0.29) is 24.3 Å². The lowest BCUT2D eigenvalue weighted by Crippen LogP contribution is -2.50. The van der Waals surface area contributed by atoms with Gasteiger partial charge in [-0.2, -0.15) is 0 Å². The number of nitrogens with one attached hydrogen (secondary N) is 2. The van der Waals surface area contributed by atoms with Crippen LogP contribution in [0.25, 0.3) is 0 Å². The zero-order valence-electron chi connectivity index (χ0n) is 7.51. The van der Waals surface area contributed by atoms with E-state index >= 15 is 0 Å². The summed E-state index contributed by atoms with van der Waals surface area (Å²) in [6, 6.07) is -0.354. The lowest BCUT2D eigenvalue weighted by atomic mass is 10.1. The summed E-state index contributed by atoms with van der Waals surface area (Å²) >= 11 is 0. The van der Waals surface area contributed by atoms with Gasteiger partial charge in [0.15, 0.2) is 0 Å². The van der Waals surface area contributed by atoms with Crippen molar-refractivity contribution in [1.82, 2.24) is 10.6 Å². The molecule has 0 aromatic rings. The quantitative estimate of drug-likeness (QED) is 0.512. The third kappa shape index (κ3) is 3.02. The van der Waals surface area contributed by atoms with Crippen LogP contribution in [0.1, 0.15) is 19.3 Å². The molecule has 0 aromatic carbocycles. The maximum atomic E-state index is 11.2. The number of hydrogen-bond acceptors (Lipinski definition) is 3. The van der Waals surface area contributed by atoms with Gasteiger partial charge in [-0.25, -0.2) is 0 Å². The first kappa shape index (κ1) is 9.98. The Morgan fingerprint density at radius 3 is 3.08 bits per heavy atom. The number of nitrogens with two attached hydrogens (primary N) is 1. The van der Waals surface area contributed by atoms with Crippen molar-refractivity contribution in [2.45, 2.75) is 25.3 Å². The van der Waals surface area contributed by atoms with E-state index in [0.717, 1.165) is 12.8 Å². The van der Waals surface area contributed by atoms with Crippen molar-refractivity contribution in [3.8, 4) is 0 Å². The number of piperidine rings is 1. The fourth-order valence-electron chi connectivity index (χ4n) is 1.31. The van der Waals surface area contributed by atoms with E-state index in [1.807, 2.05) is 0 Å². The molecule has 1 aliphatic rings. The number of carbonyl (C=O) groups excluding carboxylic acids is 2. The predicted molar refractivity (Wildman–Crippen MR) is 47.8 cm³/mol. The fourth-order valence-corrected chi connectivity index (χ4v) is 1.31. The minimum absolute atomic E-state index is 0.0865. The van der Waals surface area contributed by atoms with E-state index in [4.69, 9.17) is 5.73 Å². The number of carbonyl (C=O) groups is 2. The Bertz CT molecular complexity index is 206. The highest BCUT2D eigenvalue weighted by molar-refractivity contribution is 5.88. The highest BCUT2D eigenvalue weighted by Gasteiger charge is 2.22. The maximum absolute atomic E-state index is 11.2. The zero-order valence-corrected chi connectivity index (χ0v) is 7.51. The second-order valence-corrected chi connectivity index (χ2v) is 3.09. The van der Waals surface area contributed by atoms with Crippen molar-refractivity contribution in [2.24, 2.45) is 5.73 Å². The fraction of sp³-hybridized carbons (Fsp3) is 0.750. The van der Waals surface area contributed by atoms with Crippen LogP contribution in [0.5, 0.6) is 0 Å². The van der Waals surface area contributed by atoms with E-state index in [1.165, 1.54) is 0 Å². The Morgan fingerprint density at radius 1 is 1.69 bits per heavy atom. The second-order valence-electron chi connectivity index (χ2n) is 3.09. The summed E-state index contributed by atoms with van der Waals surface area (Å²) in [5, 5.41) is 5.33. The molecule has 2 amide bonds. The van der Waals surface area contributed by atoms with Crippen LogP contribution in [-0.2, 0) is 9.59 Å². The van der Waals surface area contributed by atoms with Gasteiger partial charge in [0.05, 0.1) is 0 Å². The van der Waals surface area contributed by atoms with Gasteiger partial charge >= 0.3 is 0 Å². The van der Waals surface area contributed by atoms with Gasteiger partial charge in [0, 0.05) is 19.5 Å². The average molecular weight is 185 g/mol. The first-order chi connectivity index (χ1) is 6.24. The maximum Gasteiger partial charge on any atom is 0.242 e. The van der Waals surface area contributed by atoms with E-state index in [1.54, 1.807) is 0 Å². The summed E-state index contributed by atoms with van der Waals surface area (Å²) in [5.74, 6) is -0.235. The van der Waals surface area contributed by atoms with E-state index < -0.39 is 0 Å². The summed E-state index contributed by atoms with van der Waals surface area (Å²) in [6.45, 7) is 1.03. The summed E-state index contributed by atoms with van der Waals surface area (Å²) in [6.07, 6.45) is 1.92. The molecule has 1 heterocycles. The molecule has 0 saturated carbocycles. The van der Waals surface area contributed by atoms with Crippen LogP contribution in [0.2, 0.25) is 0 Å². The Kier molecular flexibility index (Phi) is 3.70. The first-order valence-corrected chi connectivity index (χ1v) is 4.51. The summed E-state index contributed by atoms with van der Waals surface area (Å²) in [4.78, 5) is 22.3. The van der Waals surface area contributed by atoms with Crippen LogP contribution in [-0.4, -0.2) is 30.9 Å². The Morgan fingerprint density at radius 2 is 2.46 bits per heavy atom. The molecule has 4 N–H and O–H groups in total. The minimum Gasteiger partial charge on any atom is -0.354 e. The molecule has 13 heavy (non-hydrogen) atoms. The minimum atomic E-state index is -0.354. The molecular weight excluding hydrogens is 170 g/mol. The molecule has 0 spiro atoms. The lowest BCUT2D eigenvalue weighted by molar-refractivity contribution is -0.130. The van der Waals surface area contributed by atoms with Gasteiger partial charge in [-0.1, -0.05) is 0 Å². The Balaban J connectivity index is 2.33. The molecule has 0 aromatic heterocycles. The highest BCUT2D eigenvalue weighted by atomic mass is 16.2. The monoisotopic (exact) mass is 185 g/mol. The topological polar surface area (TPSA) is 84.2 Å². The Labute approximate surface area is 77.1 Å². The molecule has 0 radical (unpaired) electrons. The smallest absolute Gasteiger partial charge is 0.242 e. The van der Waals surface area contributed by atoms with Gasteiger partial charge in [-0.3, -0.25) is 9.59 Å². The molecule has 1 atom stereocenters. The van der Waals surface area contributed by atoms with Crippen LogP contribution >= 0.6 is 0 Å². The van der Waals surface area contributed by atoms with Gasteiger partial charge < -0.3 is 16.4 Å². The molecule has 1 fully saturated rings. The van der Waals surface area contributed by atoms with E-state index in [0.29, 0.717) is 13.1 Å². The number of hydrogen-bond donors (Lipinski definition) is 3. The van der Waals surface area contributed by atoms with Crippen molar-refractivity contribution < 1.29 is 9.59 Å². The molecular formula is C8H15N3O2. The highest BCUT2D eigenvalue weighted by Crippen LogP contribution is 2.02. The molecule has 5 nitrogen and oxygen atoms in total. The van der Waals surface area contributed by atoms with Gasteiger partial charge in [0.1, 0.15) is 6.04 Å². The van der Waals surface area contributed by atoms with Crippen molar-refractivity contribution in [3.05, 3.63) is 0 Å². The van der Waals surface area contributed by atoms with E-state index in [9.17, 15) is 9.59 Å². The van der Waals surface area contributed by atoms with Gasteiger partial charge in [-0.05, 0) is 12.8 Å². The van der Waals surface area contributed by atoms with Crippen LogP contribution in [0.3, 0.4) is 0 Å². The predicted octanol–water partition coefficient (Wildman–Crippen LogP) is -1.27. The summed E-state index contributed by atoms with van der Waals surface area (Å²) < 4.78 is 0. The number of amides is 2. The second kappa shape index (κ2) is 4.81. The van der Waals surface area contributed by atoms with Crippen LogP contribution in [0.4, 0.5) is 0 Å². The summed E-state index contributed by atoms with van der Waals surface area (Å²) in [7, 11) is 0. The van der Waals surface area contributed by atoms with E-state index in [2.05, 4.69) is 10.6 Å². The normalized spacial score (nSPS) is 22.2. The van der Waals surface area contributed by atoms with Crippen LogP contribution in [0.15, 0.2) is 0 Å². The number of rotatable bonds is 3. The van der Waals surface area contributed by atoms with Gasteiger partial charge in [0.2, 0.25) is 11.8 Å². The molecule has 1 rings (SSSR count). The van der Waals surface area contributed by atoms with Crippen molar-refractivity contribution in [1.29, 1.82) is 0 Å². The average Bonchev–Trinajstić information content (AvgIpc) is 2.09. The zero-order chi connectivity index (χ0) is 9.68. The Hall–Kier alpha value is -1.10. The van der Waals surface area contributed by atoms with Gasteiger partial charge in [-0.15, -0.1) is 0 Å². The molecule has 1 aliphatic heterocycles. The SMILES string of the molecule is NCCC(=O)NC1CCCNC1=O. The third-order valence-corrected chi connectivity index (χ3v) is 1.99. The van der Waals surface area contributed by atoms with Crippen molar-refractivity contribution >= 4 is 11.8 Å². The van der Waals surface area contributed by atoms with Crippen molar-refractivity contribution in [2.75, 3.05) is 13.1 Å². The first-order valence-electron chi connectivity index (χ1n) is 4.51. The molecule has 1 unspecified atom stereocenters. The molecule has 0 aliphatic carbocycles.